The van der Waals surface area contributed by atoms with Gasteiger partial charge in [0.15, 0.2) is 5.78 Å². The average Bonchev–Trinajstić information content (AvgIpc) is 3.65. The molecule has 1 aliphatic heterocycles. The molecule has 3 nitrogen and oxygen atoms in total. The fourth-order valence-corrected chi connectivity index (χ4v) is 5.17. The topological polar surface area (TPSA) is 49.8 Å². The summed E-state index contributed by atoms with van der Waals surface area (Å²) in [6.07, 6.45) is 8.97. The molecule has 2 aliphatic carbocycles. The number of Topliss-reactive ketones (excluding diaryl/α,β-unsaturated/α-hetero) is 1. The maximum absolute atomic E-state index is 12.1. The molecule has 0 radical (unpaired) electrons. The molecule has 0 saturated carbocycles. The van der Waals surface area contributed by atoms with Gasteiger partial charge < -0.3 is 9.84 Å². The second-order valence-corrected chi connectivity index (χ2v) is 10.8. The van der Waals surface area contributed by atoms with E-state index in [1.54, 1.807) is 0 Å². The van der Waals surface area contributed by atoms with Gasteiger partial charge in [-0.15, -0.1) is 0 Å². The van der Waals surface area contributed by atoms with Crippen LogP contribution in [0.15, 0.2) is 53.3 Å². The minimum absolute atomic E-state index is 0.00683. The molecule has 202 valence electrons. The van der Waals surface area contributed by atoms with Crippen molar-refractivity contribution in [3.05, 3.63) is 70.0 Å². The van der Waals surface area contributed by atoms with Crippen molar-refractivity contribution in [1.29, 1.82) is 0 Å². The number of aliphatic hydroxyl groups excluding tert-OH is 1. The summed E-state index contributed by atoms with van der Waals surface area (Å²) in [5.74, 6) is 6.53. The number of hydrogen-bond acceptors (Lipinski definition) is 3. The Hall–Kier alpha value is -2.57. The summed E-state index contributed by atoms with van der Waals surface area (Å²) in [6.45, 7) is 21.9. The van der Waals surface area contributed by atoms with Crippen molar-refractivity contribution >= 4 is 5.78 Å². The van der Waals surface area contributed by atoms with Crippen molar-refractivity contribution < 1.29 is 14.6 Å². The van der Waals surface area contributed by atoms with Gasteiger partial charge in [0.25, 0.3) is 0 Å². The SMILES string of the molecule is CC.CC.CCC(C#CC/C=C(\C)C1(c2ccc3c(c2)C(C)(C)C=CC3(C)C)CO1)C1=C(O)CCC1=O. The summed E-state index contributed by atoms with van der Waals surface area (Å²) in [7, 11) is 0. The van der Waals surface area contributed by atoms with Gasteiger partial charge in [-0.3, -0.25) is 4.79 Å². The molecule has 3 heteroatoms. The molecule has 0 spiro atoms. The molecular formula is C34H48O3. The maximum atomic E-state index is 12.1. The molecule has 1 N–H and O–H groups in total. The highest BCUT2D eigenvalue weighted by Gasteiger charge is 2.49. The molecule has 1 heterocycles. The van der Waals surface area contributed by atoms with Gasteiger partial charge in [-0.05, 0) is 35.6 Å². The molecule has 1 fully saturated rings. The van der Waals surface area contributed by atoms with Gasteiger partial charge in [0.05, 0.1) is 12.5 Å². The molecule has 0 aromatic heterocycles. The van der Waals surface area contributed by atoms with Crippen LogP contribution in [0.25, 0.3) is 0 Å². The van der Waals surface area contributed by atoms with E-state index in [9.17, 15) is 9.90 Å². The molecule has 4 rings (SSSR count). The Morgan fingerprint density at radius 3 is 2.16 bits per heavy atom. The number of ketones is 1. The number of aliphatic hydroxyl groups is 1. The van der Waals surface area contributed by atoms with E-state index in [2.05, 4.69) is 82.9 Å². The van der Waals surface area contributed by atoms with Gasteiger partial charge in [-0.2, -0.15) is 0 Å². The van der Waals surface area contributed by atoms with Crippen LogP contribution in [0.2, 0.25) is 0 Å². The zero-order valence-corrected chi connectivity index (χ0v) is 24.8. The molecule has 3 aliphatic rings. The van der Waals surface area contributed by atoms with Gasteiger partial charge in [0.1, 0.15) is 11.4 Å². The summed E-state index contributed by atoms with van der Waals surface area (Å²) in [4.78, 5) is 12.1. The number of carbonyl (C=O) groups is 1. The van der Waals surface area contributed by atoms with Crippen LogP contribution >= 0.6 is 0 Å². The number of carbonyl (C=O) groups excluding carboxylic acids is 1. The van der Waals surface area contributed by atoms with Crippen LogP contribution in [0.3, 0.4) is 0 Å². The highest BCUT2D eigenvalue weighted by Crippen LogP contribution is 2.49. The Balaban J connectivity index is 0.00000115. The molecule has 37 heavy (non-hydrogen) atoms. The first-order valence-corrected chi connectivity index (χ1v) is 14.1. The lowest BCUT2D eigenvalue weighted by Crippen LogP contribution is -2.29. The monoisotopic (exact) mass is 504 g/mol. The Morgan fingerprint density at radius 1 is 1.05 bits per heavy atom. The van der Waals surface area contributed by atoms with Crippen LogP contribution in [0, 0.1) is 17.8 Å². The predicted octanol–water partition coefficient (Wildman–Crippen LogP) is 8.63. The molecule has 1 aromatic rings. The van der Waals surface area contributed by atoms with Crippen molar-refractivity contribution in [3.8, 4) is 11.8 Å². The lowest BCUT2D eigenvalue weighted by atomic mass is 9.67. The molecule has 2 unspecified atom stereocenters. The van der Waals surface area contributed by atoms with Gasteiger partial charge in [-0.25, -0.2) is 0 Å². The first kappa shape index (κ1) is 30.7. The van der Waals surface area contributed by atoms with E-state index in [-0.39, 0.29) is 33.9 Å². The summed E-state index contributed by atoms with van der Waals surface area (Å²) in [5.41, 5.74) is 5.33. The van der Waals surface area contributed by atoms with Gasteiger partial charge in [0.2, 0.25) is 0 Å². The van der Waals surface area contributed by atoms with E-state index in [1.807, 2.05) is 34.6 Å². The Morgan fingerprint density at radius 2 is 1.65 bits per heavy atom. The van der Waals surface area contributed by atoms with Crippen LogP contribution < -0.4 is 0 Å². The number of epoxide rings is 1. The second kappa shape index (κ2) is 12.3. The van der Waals surface area contributed by atoms with Crippen molar-refractivity contribution in [2.75, 3.05) is 6.61 Å². The van der Waals surface area contributed by atoms with Crippen molar-refractivity contribution in [2.24, 2.45) is 5.92 Å². The lowest BCUT2D eigenvalue weighted by molar-refractivity contribution is -0.115. The number of rotatable bonds is 5. The summed E-state index contributed by atoms with van der Waals surface area (Å²) < 4.78 is 6.04. The van der Waals surface area contributed by atoms with E-state index < -0.39 is 0 Å². The van der Waals surface area contributed by atoms with E-state index >= 15 is 0 Å². The largest absolute Gasteiger partial charge is 0.512 e. The van der Waals surface area contributed by atoms with Crippen LogP contribution in [0.5, 0.6) is 0 Å². The van der Waals surface area contributed by atoms with E-state index in [4.69, 9.17) is 4.74 Å². The van der Waals surface area contributed by atoms with Crippen LogP contribution in [0.1, 0.15) is 112 Å². The van der Waals surface area contributed by atoms with E-state index in [1.165, 1.54) is 22.3 Å². The third kappa shape index (κ3) is 6.29. The standard InChI is InChI=1S/C30H36O3.2C2H6/c1-7-21(27-25(31)14-15-26(27)32)11-9-8-10-20(2)30(19-33-30)22-12-13-23-24(18-22)29(5,6)17-16-28(23,3)4;2*1-2/h10,12-13,16-18,21,31H,7-8,14-15,19H2,1-6H3;2*1-2H3/b20-10+;;. The van der Waals surface area contributed by atoms with Gasteiger partial charge in [-0.1, -0.05) is 111 Å². The molecule has 1 aromatic carbocycles. The van der Waals surface area contributed by atoms with Gasteiger partial charge in [0, 0.05) is 35.7 Å². The van der Waals surface area contributed by atoms with Crippen molar-refractivity contribution in [2.45, 2.75) is 111 Å². The number of ether oxygens (including phenoxy) is 1. The third-order valence-electron chi connectivity index (χ3n) is 7.60. The van der Waals surface area contributed by atoms with Crippen LogP contribution in [-0.4, -0.2) is 17.5 Å². The van der Waals surface area contributed by atoms with Crippen molar-refractivity contribution in [1.82, 2.24) is 0 Å². The first-order chi connectivity index (χ1) is 17.5. The highest BCUT2D eigenvalue weighted by atomic mass is 16.6. The first-order valence-electron chi connectivity index (χ1n) is 14.1. The average molecular weight is 505 g/mol. The lowest BCUT2D eigenvalue weighted by Gasteiger charge is -2.37. The smallest absolute Gasteiger partial charge is 0.163 e. The van der Waals surface area contributed by atoms with Gasteiger partial charge >= 0.3 is 0 Å². The molecule has 2 atom stereocenters. The quantitative estimate of drug-likeness (QED) is 0.248. The normalized spacial score (nSPS) is 23.5. The van der Waals surface area contributed by atoms with Crippen LogP contribution in [-0.2, 0) is 26.0 Å². The minimum atomic E-state index is -0.357. The number of fused-ring (bicyclic) bond motifs is 1. The Kier molecular flexibility index (Phi) is 10.2. The predicted molar refractivity (Wildman–Crippen MR) is 156 cm³/mol. The molecule has 1 saturated heterocycles. The number of hydrogen-bond donors (Lipinski definition) is 1. The van der Waals surface area contributed by atoms with Crippen LogP contribution in [0.4, 0.5) is 0 Å². The fraction of sp³-hybridized carbons (Fsp3) is 0.559. The van der Waals surface area contributed by atoms with E-state index in [0.717, 1.165) is 6.42 Å². The number of benzene rings is 1. The molecule has 0 amide bonds. The van der Waals surface area contributed by atoms with E-state index in [0.29, 0.717) is 31.4 Å². The fourth-order valence-electron chi connectivity index (χ4n) is 5.17. The Labute approximate surface area is 226 Å². The second-order valence-electron chi connectivity index (χ2n) is 10.8. The molecule has 0 bridgehead atoms. The van der Waals surface area contributed by atoms with Crippen molar-refractivity contribution in [3.63, 3.8) is 0 Å². The highest BCUT2D eigenvalue weighted by molar-refractivity contribution is 5.99. The zero-order valence-electron chi connectivity index (χ0n) is 24.8. The summed E-state index contributed by atoms with van der Waals surface area (Å²) >= 11 is 0. The Bertz CT molecular complexity index is 1130. The molecular weight excluding hydrogens is 456 g/mol. The maximum Gasteiger partial charge on any atom is 0.163 e. The third-order valence-corrected chi connectivity index (χ3v) is 7.60. The number of allylic oxidation sites excluding steroid dienone is 5. The summed E-state index contributed by atoms with van der Waals surface area (Å²) in [6, 6.07) is 6.83. The summed E-state index contributed by atoms with van der Waals surface area (Å²) in [5, 5.41) is 10.1. The minimum Gasteiger partial charge on any atom is -0.512 e. The zero-order chi connectivity index (χ0) is 28.0.